The fourth-order valence-corrected chi connectivity index (χ4v) is 4.26. The molecule has 2 aliphatic rings. The predicted molar refractivity (Wildman–Crippen MR) is 99.7 cm³/mol. The van der Waals surface area contributed by atoms with Crippen molar-refractivity contribution in [3.63, 3.8) is 0 Å². The maximum absolute atomic E-state index is 12.9. The third-order valence-electron chi connectivity index (χ3n) is 5.32. The van der Waals surface area contributed by atoms with E-state index in [1.807, 2.05) is 20.8 Å². The van der Waals surface area contributed by atoms with E-state index < -0.39 is 12.0 Å². The van der Waals surface area contributed by atoms with Crippen LogP contribution >= 0.6 is 0 Å². The van der Waals surface area contributed by atoms with E-state index in [4.69, 9.17) is 4.74 Å². The number of Topliss-reactive ketones (excluding diaryl/α,β-unsaturated/α-hetero) is 1. The van der Waals surface area contributed by atoms with Gasteiger partial charge < -0.3 is 14.4 Å². The molecule has 1 aromatic rings. The topological polar surface area (TPSA) is 55.8 Å². The molecule has 2 bridgehead atoms. The Morgan fingerprint density at radius 3 is 2.03 bits per heavy atom. The molecule has 1 amide bonds. The summed E-state index contributed by atoms with van der Waals surface area (Å²) in [5.41, 5.74) is -0.230. The second-order valence-corrected chi connectivity index (χ2v) is 8.73. The van der Waals surface area contributed by atoms with Crippen LogP contribution in [-0.4, -0.2) is 40.8 Å². The largest absolute Gasteiger partial charge is 0.573 e. The van der Waals surface area contributed by atoms with Gasteiger partial charge >= 0.3 is 12.5 Å². The van der Waals surface area contributed by atoms with Crippen molar-refractivity contribution in [1.29, 1.82) is 0 Å². The normalized spacial score (nSPS) is 24.8. The van der Waals surface area contributed by atoms with Crippen molar-refractivity contribution >= 4 is 11.9 Å². The quantitative estimate of drug-likeness (QED) is 0.628. The van der Waals surface area contributed by atoms with Crippen molar-refractivity contribution < 1.29 is 32.2 Å². The molecule has 0 N–H and O–H groups in total. The number of benzene rings is 1. The standard InChI is InChI=1S/C21H26F3NO4/c1-20(2,3)29-19(27)25-15-5-4-6-16(25)12-14(11-15)18(26)13-7-9-17(10-8-13)28-21(22,23)24/h7-10,14-16H,4-6,11-12H2,1-3H3. The first-order valence-corrected chi connectivity index (χ1v) is 9.84. The maximum Gasteiger partial charge on any atom is 0.573 e. The smallest absolute Gasteiger partial charge is 0.444 e. The van der Waals surface area contributed by atoms with Crippen LogP contribution in [0.5, 0.6) is 5.75 Å². The van der Waals surface area contributed by atoms with E-state index in [2.05, 4.69) is 4.74 Å². The number of nitrogens with zero attached hydrogens (tertiary/aromatic N) is 1. The van der Waals surface area contributed by atoms with Gasteiger partial charge in [-0.25, -0.2) is 4.79 Å². The Balaban J connectivity index is 1.69. The van der Waals surface area contributed by atoms with E-state index in [0.29, 0.717) is 18.4 Å². The average molecular weight is 413 g/mol. The van der Waals surface area contributed by atoms with Crippen LogP contribution in [0.4, 0.5) is 18.0 Å². The van der Waals surface area contributed by atoms with E-state index in [1.165, 1.54) is 12.1 Å². The molecule has 2 saturated heterocycles. The minimum Gasteiger partial charge on any atom is -0.444 e. The zero-order valence-corrected chi connectivity index (χ0v) is 16.8. The van der Waals surface area contributed by atoms with E-state index in [0.717, 1.165) is 31.4 Å². The van der Waals surface area contributed by atoms with Gasteiger partial charge in [-0.2, -0.15) is 0 Å². The van der Waals surface area contributed by atoms with Crippen molar-refractivity contribution in [1.82, 2.24) is 4.90 Å². The van der Waals surface area contributed by atoms with Gasteiger partial charge in [-0.05, 0) is 77.1 Å². The zero-order chi connectivity index (χ0) is 21.4. The Morgan fingerprint density at radius 1 is 1.00 bits per heavy atom. The van der Waals surface area contributed by atoms with Crippen molar-refractivity contribution in [2.45, 2.75) is 76.9 Å². The number of carbonyl (C=O) groups excluding carboxylic acids is 2. The van der Waals surface area contributed by atoms with Crippen LogP contribution < -0.4 is 4.74 Å². The van der Waals surface area contributed by atoms with Gasteiger partial charge in [0.1, 0.15) is 11.4 Å². The summed E-state index contributed by atoms with van der Waals surface area (Å²) in [6, 6.07) is 4.91. The number of ether oxygens (including phenoxy) is 2. The highest BCUT2D eigenvalue weighted by Gasteiger charge is 2.44. The minimum absolute atomic E-state index is 0.0564. The van der Waals surface area contributed by atoms with Crippen molar-refractivity contribution in [3.8, 4) is 5.75 Å². The van der Waals surface area contributed by atoms with Crippen LogP contribution in [0.15, 0.2) is 24.3 Å². The van der Waals surface area contributed by atoms with Crippen LogP contribution in [0, 0.1) is 5.92 Å². The predicted octanol–water partition coefficient (Wildman–Crippen LogP) is 5.34. The number of halogens is 3. The molecule has 0 saturated carbocycles. The first kappa shape index (κ1) is 21.5. The molecule has 0 spiro atoms. The summed E-state index contributed by atoms with van der Waals surface area (Å²) in [4.78, 5) is 27.4. The van der Waals surface area contributed by atoms with Gasteiger partial charge in [0.2, 0.25) is 0 Å². The Morgan fingerprint density at radius 2 is 1.55 bits per heavy atom. The highest BCUT2D eigenvalue weighted by atomic mass is 19.4. The second-order valence-electron chi connectivity index (χ2n) is 8.73. The van der Waals surface area contributed by atoms with Crippen LogP contribution in [0.25, 0.3) is 0 Å². The molecular formula is C21H26F3NO4. The summed E-state index contributed by atoms with van der Waals surface area (Å²) < 4.78 is 46.3. The minimum atomic E-state index is -4.77. The fourth-order valence-electron chi connectivity index (χ4n) is 4.26. The van der Waals surface area contributed by atoms with Crippen LogP contribution in [0.1, 0.15) is 63.2 Å². The summed E-state index contributed by atoms with van der Waals surface area (Å²) in [5, 5.41) is 0. The molecule has 0 radical (unpaired) electrons. The molecule has 2 aliphatic heterocycles. The molecule has 5 nitrogen and oxygen atoms in total. The zero-order valence-electron chi connectivity index (χ0n) is 16.8. The molecular weight excluding hydrogens is 387 g/mol. The molecule has 2 atom stereocenters. The van der Waals surface area contributed by atoms with Gasteiger partial charge in [0.15, 0.2) is 5.78 Å². The number of hydrogen-bond donors (Lipinski definition) is 0. The summed E-state index contributed by atoms with van der Waals surface area (Å²) in [7, 11) is 0. The average Bonchev–Trinajstić information content (AvgIpc) is 2.57. The Bertz CT molecular complexity index is 741. The summed E-state index contributed by atoms with van der Waals surface area (Å²) in [6.45, 7) is 5.47. The van der Waals surface area contributed by atoms with Gasteiger partial charge in [0.05, 0.1) is 0 Å². The van der Waals surface area contributed by atoms with Crippen LogP contribution in [0.3, 0.4) is 0 Å². The van der Waals surface area contributed by atoms with Gasteiger partial charge in [-0.15, -0.1) is 13.2 Å². The van der Waals surface area contributed by atoms with Gasteiger partial charge in [0.25, 0.3) is 0 Å². The van der Waals surface area contributed by atoms with Gasteiger partial charge in [-0.1, -0.05) is 0 Å². The van der Waals surface area contributed by atoms with E-state index in [9.17, 15) is 22.8 Å². The Kier molecular flexibility index (Phi) is 5.83. The molecule has 0 aromatic heterocycles. The maximum atomic E-state index is 12.9. The summed E-state index contributed by atoms with van der Waals surface area (Å²) >= 11 is 0. The highest BCUT2D eigenvalue weighted by molar-refractivity contribution is 5.98. The molecule has 8 heteroatoms. The number of carbonyl (C=O) groups is 2. The van der Waals surface area contributed by atoms with Crippen molar-refractivity contribution in [3.05, 3.63) is 29.8 Å². The molecule has 2 fully saturated rings. The highest BCUT2D eigenvalue weighted by Crippen LogP contribution is 2.39. The second kappa shape index (κ2) is 7.88. The number of rotatable bonds is 3. The van der Waals surface area contributed by atoms with Crippen molar-refractivity contribution in [2.75, 3.05) is 0 Å². The third-order valence-corrected chi connectivity index (χ3v) is 5.32. The number of hydrogen-bond acceptors (Lipinski definition) is 4. The lowest BCUT2D eigenvalue weighted by Crippen LogP contribution is -2.56. The molecule has 1 aromatic carbocycles. The lowest BCUT2D eigenvalue weighted by atomic mass is 9.76. The third kappa shape index (κ3) is 5.42. The van der Waals surface area contributed by atoms with E-state index >= 15 is 0 Å². The number of amides is 1. The first-order valence-electron chi connectivity index (χ1n) is 9.84. The van der Waals surface area contributed by atoms with E-state index in [1.54, 1.807) is 4.90 Å². The number of alkyl halides is 3. The SMILES string of the molecule is CC(C)(C)OC(=O)N1C2CCCC1CC(C(=O)c1ccc(OC(F)(F)F)cc1)C2. The van der Waals surface area contributed by atoms with Gasteiger partial charge in [0, 0.05) is 23.6 Å². The van der Waals surface area contributed by atoms with Crippen LogP contribution in [-0.2, 0) is 4.74 Å². The molecule has 29 heavy (non-hydrogen) atoms. The first-order chi connectivity index (χ1) is 13.4. The fraction of sp³-hybridized carbons (Fsp3) is 0.619. The molecule has 2 heterocycles. The number of fused-ring (bicyclic) bond motifs is 2. The lowest BCUT2D eigenvalue weighted by Gasteiger charge is -2.48. The monoisotopic (exact) mass is 413 g/mol. The Labute approximate surface area is 168 Å². The number of ketones is 1. The Hall–Kier alpha value is -2.25. The lowest BCUT2D eigenvalue weighted by molar-refractivity contribution is -0.274. The molecule has 0 aliphatic carbocycles. The number of piperidine rings is 2. The molecule has 160 valence electrons. The van der Waals surface area contributed by atoms with E-state index in [-0.39, 0.29) is 35.6 Å². The van der Waals surface area contributed by atoms with Crippen molar-refractivity contribution in [2.24, 2.45) is 5.92 Å². The van der Waals surface area contributed by atoms with Crippen LogP contribution in [0.2, 0.25) is 0 Å². The summed E-state index contributed by atoms with van der Waals surface area (Å²) in [6.07, 6.45) is -1.40. The molecule has 2 unspecified atom stereocenters. The molecule has 3 rings (SSSR count). The van der Waals surface area contributed by atoms with Gasteiger partial charge in [-0.3, -0.25) is 4.79 Å². The summed E-state index contributed by atoms with van der Waals surface area (Å²) in [5.74, 6) is -0.728.